The van der Waals surface area contributed by atoms with Crippen LogP contribution in [0.5, 0.6) is 0 Å². The van der Waals surface area contributed by atoms with Crippen molar-refractivity contribution in [2.75, 3.05) is 5.32 Å². The number of anilines is 1. The molecule has 1 heterocycles. The minimum Gasteiger partial charge on any atom is -0.322 e. The number of nitrogens with zero attached hydrogens (tertiary/aromatic N) is 1. The van der Waals surface area contributed by atoms with Crippen molar-refractivity contribution in [3.63, 3.8) is 0 Å². The van der Waals surface area contributed by atoms with Crippen molar-refractivity contribution in [1.29, 1.82) is 0 Å². The Bertz CT molecular complexity index is 779. The van der Waals surface area contributed by atoms with E-state index in [4.69, 9.17) is 0 Å². The number of aryl methyl sites for hydroxylation is 1. The van der Waals surface area contributed by atoms with Gasteiger partial charge in [-0.1, -0.05) is 25.1 Å². The first kappa shape index (κ1) is 13.3. The van der Waals surface area contributed by atoms with Crippen LogP contribution in [0.25, 0.3) is 10.8 Å². The van der Waals surface area contributed by atoms with E-state index in [0.717, 1.165) is 22.9 Å². The Morgan fingerprint density at radius 1 is 1.05 bits per heavy atom. The molecule has 0 radical (unpaired) electrons. The van der Waals surface area contributed by atoms with Gasteiger partial charge in [0.2, 0.25) is 0 Å². The maximum Gasteiger partial charge on any atom is 0.255 e. The number of hydrogen-bond donors (Lipinski definition) is 1. The molecule has 3 heteroatoms. The van der Waals surface area contributed by atoms with Gasteiger partial charge in [0.05, 0.1) is 0 Å². The standard InChI is InChI=1S/C18H16N2O/c1-2-13-3-7-17(8-4-13)20-18(21)15-5-6-16-12-19-10-9-14(16)11-15/h3-12H,2H2,1H3,(H,20,21). The number of aromatic nitrogens is 1. The Morgan fingerprint density at radius 3 is 2.62 bits per heavy atom. The summed E-state index contributed by atoms with van der Waals surface area (Å²) in [6.07, 6.45) is 4.51. The molecule has 104 valence electrons. The second-order valence-electron chi connectivity index (χ2n) is 4.94. The first-order valence-electron chi connectivity index (χ1n) is 7.00. The third-order valence-electron chi connectivity index (χ3n) is 3.52. The number of pyridine rings is 1. The molecule has 3 rings (SSSR count). The minimum absolute atomic E-state index is 0.0991. The summed E-state index contributed by atoms with van der Waals surface area (Å²) in [6, 6.07) is 15.4. The molecule has 0 spiro atoms. The third kappa shape index (κ3) is 2.92. The van der Waals surface area contributed by atoms with Crippen LogP contribution in [0.15, 0.2) is 60.9 Å². The minimum atomic E-state index is -0.0991. The van der Waals surface area contributed by atoms with E-state index in [2.05, 4.69) is 17.2 Å². The summed E-state index contributed by atoms with van der Waals surface area (Å²) in [5, 5.41) is 4.96. The molecule has 0 aliphatic heterocycles. The van der Waals surface area contributed by atoms with Crippen LogP contribution in [-0.4, -0.2) is 10.9 Å². The van der Waals surface area contributed by atoms with Gasteiger partial charge in [-0.05, 0) is 47.7 Å². The van der Waals surface area contributed by atoms with E-state index in [1.807, 2.05) is 48.5 Å². The number of benzene rings is 2. The topological polar surface area (TPSA) is 42.0 Å². The molecule has 0 saturated heterocycles. The predicted molar refractivity (Wildman–Crippen MR) is 85.5 cm³/mol. The molecule has 0 saturated carbocycles. The number of carbonyl (C=O) groups is 1. The molecular weight excluding hydrogens is 260 g/mol. The van der Waals surface area contributed by atoms with E-state index in [0.29, 0.717) is 5.56 Å². The van der Waals surface area contributed by atoms with Gasteiger partial charge in [-0.15, -0.1) is 0 Å². The fourth-order valence-electron chi connectivity index (χ4n) is 2.25. The largest absolute Gasteiger partial charge is 0.322 e. The molecule has 0 unspecified atom stereocenters. The van der Waals surface area contributed by atoms with Gasteiger partial charge in [-0.25, -0.2) is 0 Å². The zero-order valence-corrected chi connectivity index (χ0v) is 11.8. The molecule has 0 aliphatic rings. The van der Waals surface area contributed by atoms with Crippen molar-refractivity contribution in [3.05, 3.63) is 72.1 Å². The monoisotopic (exact) mass is 276 g/mol. The zero-order chi connectivity index (χ0) is 14.7. The fourth-order valence-corrected chi connectivity index (χ4v) is 2.25. The summed E-state index contributed by atoms with van der Waals surface area (Å²) in [4.78, 5) is 16.4. The Balaban J connectivity index is 1.82. The first-order chi connectivity index (χ1) is 10.3. The summed E-state index contributed by atoms with van der Waals surface area (Å²) in [6.45, 7) is 2.11. The van der Waals surface area contributed by atoms with Gasteiger partial charge < -0.3 is 5.32 Å². The number of fused-ring (bicyclic) bond motifs is 1. The van der Waals surface area contributed by atoms with Crippen LogP contribution < -0.4 is 5.32 Å². The van der Waals surface area contributed by atoms with E-state index in [-0.39, 0.29) is 5.91 Å². The number of nitrogens with one attached hydrogen (secondary N) is 1. The van der Waals surface area contributed by atoms with Gasteiger partial charge in [0, 0.05) is 29.0 Å². The SMILES string of the molecule is CCc1ccc(NC(=O)c2ccc3cnccc3c2)cc1. The highest BCUT2D eigenvalue weighted by molar-refractivity contribution is 6.06. The lowest BCUT2D eigenvalue weighted by molar-refractivity contribution is 0.102. The lowest BCUT2D eigenvalue weighted by Crippen LogP contribution is -2.11. The molecular formula is C18H16N2O. The highest BCUT2D eigenvalue weighted by Gasteiger charge is 2.07. The molecule has 21 heavy (non-hydrogen) atoms. The molecule has 3 aromatic rings. The van der Waals surface area contributed by atoms with Crippen LogP contribution in [0, 0.1) is 0 Å². The maximum atomic E-state index is 12.3. The molecule has 1 N–H and O–H groups in total. The van der Waals surface area contributed by atoms with Crippen molar-refractivity contribution in [2.24, 2.45) is 0 Å². The highest BCUT2D eigenvalue weighted by Crippen LogP contribution is 2.16. The van der Waals surface area contributed by atoms with E-state index in [1.54, 1.807) is 12.4 Å². The first-order valence-corrected chi connectivity index (χ1v) is 7.00. The van der Waals surface area contributed by atoms with Crippen LogP contribution in [0.3, 0.4) is 0 Å². The zero-order valence-electron chi connectivity index (χ0n) is 11.8. The second-order valence-corrected chi connectivity index (χ2v) is 4.94. The number of rotatable bonds is 3. The van der Waals surface area contributed by atoms with Gasteiger partial charge in [-0.3, -0.25) is 9.78 Å². The van der Waals surface area contributed by atoms with Crippen LogP contribution in [0.1, 0.15) is 22.8 Å². The van der Waals surface area contributed by atoms with Crippen molar-refractivity contribution in [3.8, 4) is 0 Å². The number of hydrogen-bond acceptors (Lipinski definition) is 2. The summed E-state index contributed by atoms with van der Waals surface area (Å²) in [5.74, 6) is -0.0991. The molecule has 1 amide bonds. The average Bonchev–Trinajstić information content (AvgIpc) is 2.55. The van der Waals surface area contributed by atoms with Gasteiger partial charge in [-0.2, -0.15) is 0 Å². The predicted octanol–water partition coefficient (Wildman–Crippen LogP) is 4.05. The summed E-state index contributed by atoms with van der Waals surface area (Å²) in [5.41, 5.74) is 2.71. The Morgan fingerprint density at radius 2 is 1.86 bits per heavy atom. The maximum absolute atomic E-state index is 12.3. The lowest BCUT2D eigenvalue weighted by atomic mass is 10.1. The third-order valence-corrected chi connectivity index (χ3v) is 3.52. The van der Waals surface area contributed by atoms with E-state index < -0.39 is 0 Å². The molecule has 1 aromatic heterocycles. The number of amides is 1. The van der Waals surface area contributed by atoms with E-state index in [1.165, 1.54) is 5.56 Å². The quantitative estimate of drug-likeness (QED) is 0.784. The Hall–Kier alpha value is -2.68. The summed E-state index contributed by atoms with van der Waals surface area (Å²) >= 11 is 0. The number of carbonyl (C=O) groups excluding carboxylic acids is 1. The lowest BCUT2D eigenvalue weighted by Gasteiger charge is -2.07. The van der Waals surface area contributed by atoms with Crippen molar-refractivity contribution >= 4 is 22.4 Å². The van der Waals surface area contributed by atoms with Gasteiger partial charge in [0.25, 0.3) is 5.91 Å². The van der Waals surface area contributed by atoms with Crippen LogP contribution >= 0.6 is 0 Å². The molecule has 0 fully saturated rings. The second kappa shape index (κ2) is 5.75. The van der Waals surface area contributed by atoms with Crippen LogP contribution in [0.2, 0.25) is 0 Å². The molecule has 3 nitrogen and oxygen atoms in total. The molecule has 2 aromatic carbocycles. The normalized spacial score (nSPS) is 10.5. The smallest absolute Gasteiger partial charge is 0.255 e. The van der Waals surface area contributed by atoms with Crippen molar-refractivity contribution < 1.29 is 4.79 Å². The average molecular weight is 276 g/mol. The van der Waals surface area contributed by atoms with Crippen molar-refractivity contribution in [2.45, 2.75) is 13.3 Å². The van der Waals surface area contributed by atoms with Gasteiger partial charge in [0.15, 0.2) is 0 Å². The Kier molecular flexibility index (Phi) is 3.65. The van der Waals surface area contributed by atoms with Crippen LogP contribution in [0.4, 0.5) is 5.69 Å². The summed E-state index contributed by atoms with van der Waals surface area (Å²) in [7, 11) is 0. The molecule has 0 atom stereocenters. The summed E-state index contributed by atoms with van der Waals surface area (Å²) < 4.78 is 0. The van der Waals surface area contributed by atoms with E-state index >= 15 is 0 Å². The fraction of sp³-hybridized carbons (Fsp3) is 0.111. The van der Waals surface area contributed by atoms with E-state index in [9.17, 15) is 4.79 Å². The van der Waals surface area contributed by atoms with Crippen LogP contribution in [-0.2, 0) is 6.42 Å². The molecule has 0 bridgehead atoms. The Labute approximate surface area is 123 Å². The van der Waals surface area contributed by atoms with Gasteiger partial charge in [0.1, 0.15) is 0 Å². The highest BCUT2D eigenvalue weighted by atomic mass is 16.1. The van der Waals surface area contributed by atoms with Gasteiger partial charge >= 0.3 is 0 Å². The van der Waals surface area contributed by atoms with Crippen molar-refractivity contribution in [1.82, 2.24) is 4.98 Å². The molecule has 0 aliphatic carbocycles.